The molecule has 2 aromatic carbocycles. The maximum Gasteiger partial charge on any atom is 0.194 e. The summed E-state index contributed by atoms with van der Waals surface area (Å²) < 4.78 is 38.7. The minimum atomic E-state index is -1.53. The fraction of sp³-hybridized carbons (Fsp3) is 0.0769. The van der Waals surface area contributed by atoms with Gasteiger partial charge in [0.15, 0.2) is 17.5 Å². The van der Waals surface area contributed by atoms with Crippen LogP contribution in [-0.4, -0.2) is 5.11 Å². The van der Waals surface area contributed by atoms with E-state index in [9.17, 15) is 18.3 Å². The predicted octanol–water partition coefficient (Wildman–Crippen LogP) is 3.19. The van der Waals surface area contributed by atoms with Gasteiger partial charge in [-0.05, 0) is 23.3 Å². The molecule has 0 bridgehead atoms. The van der Waals surface area contributed by atoms with Crippen LogP contribution in [0, 0.1) is 17.5 Å². The lowest BCUT2D eigenvalue weighted by molar-refractivity contribution is 0.218. The molecule has 0 amide bonds. The highest BCUT2D eigenvalue weighted by Gasteiger charge is 2.16. The summed E-state index contributed by atoms with van der Waals surface area (Å²) in [6.45, 7) is 0. The molecule has 0 aliphatic carbocycles. The van der Waals surface area contributed by atoms with E-state index in [-0.39, 0.29) is 5.56 Å². The molecule has 0 saturated heterocycles. The van der Waals surface area contributed by atoms with Crippen molar-refractivity contribution in [2.75, 3.05) is 0 Å². The smallest absolute Gasteiger partial charge is 0.194 e. The van der Waals surface area contributed by atoms with E-state index in [1.165, 1.54) is 0 Å². The molecule has 2 rings (SSSR count). The molecule has 0 fully saturated rings. The average Bonchev–Trinajstić information content (AvgIpc) is 2.35. The second kappa shape index (κ2) is 4.59. The second-order valence-electron chi connectivity index (χ2n) is 3.61. The highest BCUT2D eigenvalue weighted by Crippen LogP contribution is 2.24. The van der Waals surface area contributed by atoms with Gasteiger partial charge >= 0.3 is 0 Å². The molecule has 17 heavy (non-hydrogen) atoms. The molecule has 0 aliphatic heterocycles. The van der Waals surface area contributed by atoms with Crippen molar-refractivity contribution in [3.05, 3.63) is 71.0 Å². The van der Waals surface area contributed by atoms with Gasteiger partial charge in [-0.25, -0.2) is 13.2 Å². The molecule has 1 nitrogen and oxygen atoms in total. The Kier molecular flexibility index (Phi) is 3.15. The van der Waals surface area contributed by atoms with Crippen molar-refractivity contribution in [3.63, 3.8) is 0 Å². The van der Waals surface area contributed by atoms with E-state index >= 15 is 0 Å². The van der Waals surface area contributed by atoms with E-state index in [1.54, 1.807) is 30.3 Å². The number of aliphatic hydroxyl groups excluding tert-OH is 1. The van der Waals surface area contributed by atoms with Gasteiger partial charge in [0, 0.05) is 0 Å². The molecular formula is C13H9F3O. The highest BCUT2D eigenvalue weighted by molar-refractivity contribution is 5.30. The van der Waals surface area contributed by atoms with E-state index in [4.69, 9.17) is 0 Å². The maximum absolute atomic E-state index is 13.0. The fourth-order valence-corrected chi connectivity index (χ4v) is 1.56. The molecule has 0 aliphatic rings. The Labute approximate surface area is 96.1 Å². The number of hydrogen-bond acceptors (Lipinski definition) is 1. The van der Waals surface area contributed by atoms with Crippen molar-refractivity contribution in [3.8, 4) is 0 Å². The number of aliphatic hydroxyl groups is 1. The summed E-state index contributed by atoms with van der Waals surface area (Å²) in [5.41, 5.74) is 0.463. The van der Waals surface area contributed by atoms with E-state index in [2.05, 4.69) is 0 Å². The van der Waals surface area contributed by atoms with Gasteiger partial charge in [-0.3, -0.25) is 0 Å². The van der Waals surface area contributed by atoms with Crippen LogP contribution < -0.4 is 0 Å². The van der Waals surface area contributed by atoms with Crippen LogP contribution >= 0.6 is 0 Å². The molecule has 2 aromatic rings. The largest absolute Gasteiger partial charge is 0.384 e. The lowest BCUT2D eigenvalue weighted by Crippen LogP contribution is -2.02. The Balaban J connectivity index is 2.41. The predicted molar refractivity (Wildman–Crippen MR) is 56.8 cm³/mol. The fourth-order valence-electron chi connectivity index (χ4n) is 1.56. The second-order valence-corrected chi connectivity index (χ2v) is 3.61. The average molecular weight is 238 g/mol. The van der Waals surface area contributed by atoms with Crippen molar-refractivity contribution in [2.24, 2.45) is 0 Å². The van der Waals surface area contributed by atoms with Gasteiger partial charge in [0.25, 0.3) is 0 Å². The van der Waals surface area contributed by atoms with Crippen molar-refractivity contribution in [1.29, 1.82) is 0 Å². The number of rotatable bonds is 2. The zero-order valence-corrected chi connectivity index (χ0v) is 8.70. The van der Waals surface area contributed by atoms with Crippen LogP contribution in [-0.2, 0) is 0 Å². The molecule has 1 unspecified atom stereocenters. The standard InChI is InChI=1S/C13H9F3O/c14-10-6-9(7-11(15)12(10)16)13(17)8-4-2-1-3-5-8/h1-7,13,17H. The molecule has 0 aromatic heterocycles. The summed E-state index contributed by atoms with van der Waals surface area (Å²) in [6.07, 6.45) is -1.18. The molecular weight excluding hydrogens is 229 g/mol. The molecule has 0 saturated carbocycles. The Morgan fingerprint density at radius 2 is 1.35 bits per heavy atom. The first-order valence-electron chi connectivity index (χ1n) is 4.97. The van der Waals surface area contributed by atoms with E-state index < -0.39 is 23.6 Å². The third kappa shape index (κ3) is 2.31. The first-order chi connectivity index (χ1) is 8.09. The summed E-state index contributed by atoms with van der Waals surface area (Å²) in [5, 5.41) is 9.88. The van der Waals surface area contributed by atoms with Crippen LogP contribution in [0.1, 0.15) is 17.2 Å². The lowest BCUT2D eigenvalue weighted by Gasteiger charge is -2.11. The summed E-state index contributed by atoms with van der Waals surface area (Å²) >= 11 is 0. The number of hydrogen-bond donors (Lipinski definition) is 1. The van der Waals surface area contributed by atoms with Gasteiger partial charge in [-0.1, -0.05) is 30.3 Å². The van der Waals surface area contributed by atoms with Crippen LogP contribution in [0.3, 0.4) is 0 Å². The molecule has 1 atom stereocenters. The normalized spacial score (nSPS) is 12.5. The number of benzene rings is 2. The van der Waals surface area contributed by atoms with Crippen molar-refractivity contribution in [1.82, 2.24) is 0 Å². The third-order valence-corrected chi connectivity index (χ3v) is 2.44. The van der Waals surface area contributed by atoms with Gasteiger partial charge < -0.3 is 5.11 Å². The van der Waals surface area contributed by atoms with Crippen molar-refractivity contribution in [2.45, 2.75) is 6.10 Å². The van der Waals surface area contributed by atoms with Crippen LogP contribution in [0.25, 0.3) is 0 Å². The first-order valence-corrected chi connectivity index (χ1v) is 4.97. The zero-order valence-electron chi connectivity index (χ0n) is 8.70. The zero-order chi connectivity index (χ0) is 12.4. The Morgan fingerprint density at radius 1 is 0.824 bits per heavy atom. The van der Waals surface area contributed by atoms with Crippen LogP contribution in [0.15, 0.2) is 42.5 Å². The van der Waals surface area contributed by atoms with Crippen LogP contribution in [0.5, 0.6) is 0 Å². The molecule has 0 heterocycles. The minimum absolute atomic E-state index is 0.0207. The van der Waals surface area contributed by atoms with Gasteiger partial charge in [0.05, 0.1) is 0 Å². The number of halogens is 3. The van der Waals surface area contributed by atoms with Crippen molar-refractivity contribution >= 4 is 0 Å². The molecule has 1 N–H and O–H groups in total. The van der Waals surface area contributed by atoms with E-state index in [0.717, 1.165) is 12.1 Å². The van der Waals surface area contributed by atoms with Gasteiger partial charge in [-0.2, -0.15) is 0 Å². The highest BCUT2D eigenvalue weighted by atomic mass is 19.2. The van der Waals surface area contributed by atoms with E-state index in [1.807, 2.05) is 0 Å². The van der Waals surface area contributed by atoms with E-state index in [0.29, 0.717) is 5.56 Å². The van der Waals surface area contributed by atoms with Crippen molar-refractivity contribution < 1.29 is 18.3 Å². The quantitative estimate of drug-likeness (QED) is 0.796. The SMILES string of the molecule is OC(c1ccccc1)c1cc(F)c(F)c(F)c1. The van der Waals surface area contributed by atoms with Gasteiger partial charge in [0.2, 0.25) is 0 Å². The molecule has 88 valence electrons. The summed E-state index contributed by atoms with van der Waals surface area (Å²) in [7, 11) is 0. The molecule has 0 spiro atoms. The minimum Gasteiger partial charge on any atom is -0.384 e. The summed E-state index contributed by atoms with van der Waals surface area (Å²) in [6, 6.07) is 9.94. The maximum atomic E-state index is 13.0. The Morgan fingerprint density at radius 3 is 1.88 bits per heavy atom. The van der Waals surface area contributed by atoms with Gasteiger partial charge in [0.1, 0.15) is 6.10 Å². The monoisotopic (exact) mass is 238 g/mol. The Bertz CT molecular complexity index is 502. The van der Waals surface area contributed by atoms with Gasteiger partial charge in [-0.15, -0.1) is 0 Å². The summed E-state index contributed by atoms with van der Waals surface area (Å²) in [4.78, 5) is 0. The Hall–Kier alpha value is -1.81. The topological polar surface area (TPSA) is 20.2 Å². The molecule has 0 radical (unpaired) electrons. The summed E-state index contributed by atoms with van der Waals surface area (Å²) in [5.74, 6) is -4.15. The third-order valence-electron chi connectivity index (χ3n) is 2.44. The van der Waals surface area contributed by atoms with Crippen LogP contribution in [0.4, 0.5) is 13.2 Å². The molecule has 4 heteroatoms. The lowest BCUT2D eigenvalue weighted by atomic mass is 10.0. The first kappa shape index (κ1) is 11.7. The van der Waals surface area contributed by atoms with Crippen LogP contribution in [0.2, 0.25) is 0 Å².